The highest BCUT2D eigenvalue weighted by Crippen LogP contribution is 2.49. The van der Waals surface area contributed by atoms with Gasteiger partial charge in [-0.1, -0.05) is 0 Å². The van der Waals surface area contributed by atoms with Gasteiger partial charge in [-0.25, -0.2) is 18.9 Å². The van der Waals surface area contributed by atoms with Crippen LogP contribution in [0.2, 0.25) is 0 Å². The van der Waals surface area contributed by atoms with E-state index in [-0.39, 0.29) is 28.8 Å². The van der Waals surface area contributed by atoms with Gasteiger partial charge in [0.2, 0.25) is 5.91 Å². The van der Waals surface area contributed by atoms with Crippen molar-refractivity contribution < 1.29 is 9.18 Å². The minimum Gasteiger partial charge on any atom is -0.357 e. The molecule has 1 N–H and O–H groups in total. The molecule has 5 aromatic rings. The summed E-state index contributed by atoms with van der Waals surface area (Å²) < 4.78 is 17.2. The van der Waals surface area contributed by atoms with E-state index in [9.17, 15) is 14.4 Å². The number of hydrogen-bond acceptors (Lipinski definition) is 7. The summed E-state index contributed by atoms with van der Waals surface area (Å²) in [6.45, 7) is 1.71. The number of anilines is 2. The number of aromatic nitrogens is 6. The van der Waals surface area contributed by atoms with Gasteiger partial charge in [-0.05, 0) is 73.8 Å². The summed E-state index contributed by atoms with van der Waals surface area (Å²) in [5.74, 6) is 2.61. The van der Waals surface area contributed by atoms with Gasteiger partial charge >= 0.3 is 0 Å². The largest absolute Gasteiger partial charge is 0.357 e. The normalized spacial score (nSPS) is 17.3. The third kappa shape index (κ3) is 5.27. The van der Waals surface area contributed by atoms with Crippen molar-refractivity contribution in [3.8, 4) is 40.7 Å². The lowest BCUT2D eigenvalue weighted by Crippen LogP contribution is -2.39. The molecular formula is C34H30FN9O. The number of halogens is 1. The number of fused-ring (bicyclic) bond motifs is 1. The highest BCUT2D eigenvalue weighted by Gasteiger charge is 2.43. The first-order valence-corrected chi connectivity index (χ1v) is 14.9. The number of piperidine rings is 1. The third-order valence-corrected chi connectivity index (χ3v) is 9.28. The first-order valence-electron chi connectivity index (χ1n) is 14.9. The number of pyridine rings is 3. The van der Waals surface area contributed by atoms with Gasteiger partial charge in [-0.2, -0.15) is 15.5 Å². The number of nitrogens with zero attached hydrogens (tertiary/aromatic N) is 8. The summed E-state index contributed by atoms with van der Waals surface area (Å²) in [4.78, 5) is 24.2. The molecule has 1 saturated carbocycles. The van der Waals surface area contributed by atoms with Gasteiger partial charge in [0.05, 0.1) is 23.5 Å². The van der Waals surface area contributed by atoms with E-state index in [1.807, 2.05) is 37.8 Å². The molecule has 0 radical (unpaired) electrons. The Balaban J connectivity index is 1.04. The van der Waals surface area contributed by atoms with Gasteiger partial charge in [0.15, 0.2) is 11.5 Å². The summed E-state index contributed by atoms with van der Waals surface area (Å²) in [6, 6.07) is 11.1. The van der Waals surface area contributed by atoms with Crippen molar-refractivity contribution in [2.24, 2.45) is 18.4 Å². The van der Waals surface area contributed by atoms with Crippen LogP contribution in [0.25, 0.3) is 27.8 Å². The summed E-state index contributed by atoms with van der Waals surface area (Å²) in [5, 5.41) is 21.3. The number of hydrogen-bond donors (Lipinski definition) is 1. The lowest BCUT2D eigenvalue weighted by Gasteiger charge is -2.40. The predicted molar refractivity (Wildman–Crippen MR) is 167 cm³/mol. The van der Waals surface area contributed by atoms with E-state index in [0.717, 1.165) is 78.8 Å². The smallest absolute Gasteiger partial charge is 0.228 e. The lowest BCUT2D eigenvalue weighted by molar-refractivity contribution is -0.120. The Bertz CT molecular complexity index is 2010. The van der Waals surface area contributed by atoms with Crippen LogP contribution in [0, 0.1) is 40.8 Å². The maximum absolute atomic E-state index is 13.7. The van der Waals surface area contributed by atoms with Crippen LogP contribution in [-0.4, -0.2) is 48.4 Å². The fraction of sp³-hybridized carbons (Fsp3) is 0.294. The number of nitriles is 1. The van der Waals surface area contributed by atoms with Gasteiger partial charge in [0.25, 0.3) is 0 Å². The second kappa shape index (κ2) is 11.2. The van der Waals surface area contributed by atoms with E-state index in [4.69, 9.17) is 11.4 Å². The van der Waals surface area contributed by atoms with E-state index >= 15 is 0 Å². The molecule has 45 heavy (non-hydrogen) atoms. The number of rotatable bonds is 5. The molecule has 0 bridgehead atoms. The van der Waals surface area contributed by atoms with Gasteiger partial charge in [0.1, 0.15) is 17.7 Å². The van der Waals surface area contributed by atoms with Gasteiger partial charge < -0.3 is 10.2 Å². The highest BCUT2D eigenvalue weighted by atomic mass is 19.1. The molecule has 0 aromatic carbocycles. The average Bonchev–Trinajstić information content (AvgIpc) is 3.80. The predicted octanol–water partition coefficient (Wildman–Crippen LogP) is 5.21. The van der Waals surface area contributed by atoms with Crippen molar-refractivity contribution in [2.45, 2.75) is 32.1 Å². The van der Waals surface area contributed by atoms with Crippen LogP contribution in [-0.2, 0) is 11.8 Å². The molecule has 1 saturated heterocycles. The number of aryl methyl sites for hydroxylation is 1. The van der Waals surface area contributed by atoms with Crippen LogP contribution in [0.3, 0.4) is 0 Å². The van der Waals surface area contributed by atoms with Crippen LogP contribution in [0.15, 0.2) is 61.3 Å². The number of carbonyl (C=O) groups excluding carboxylic acids is 1. The van der Waals surface area contributed by atoms with E-state index in [1.165, 1.54) is 12.1 Å². The zero-order valence-electron chi connectivity index (χ0n) is 24.7. The molecular weight excluding hydrogens is 569 g/mol. The lowest BCUT2D eigenvalue weighted by atomic mass is 9.76. The minimum absolute atomic E-state index is 0.0897. The quantitative estimate of drug-likeness (QED) is 0.276. The van der Waals surface area contributed by atoms with E-state index < -0.39 is 5.82 Å². The Kier molecular flexibility index (Phi) is 7.01. The van der Waals surface area contributed by atoms with Crippen LogP contribution in [0.1, 0.15) is 43.4 Å². The number of nitrogens with one attached hydrogen (secondary N) is 1. The summed E-state index contributed by atoms with van der Waals surface area (Å²) in [6.07, 6.45) is 19.0. The second-order valence-electron chi connectivity index (χ2n) is 12.0. The van der Waals surface area contributed by atoms with Crippen LogP contribution < -0.4 is 10.2 Å². The van der Waals surface area contributed by atoms with Crippen molar-refractivity contribution in [1.82, 2.24) is 29.4 Å². The zero-order chi connectivity index (χ0) is 31.1. The zero-order valence-corrected chi connectivity index (χ0v) is 24.7. The molecule has 6 heterocycles. The molecule has 7 rings (SSSR count). The molecule has 224 valence electrons. The van der Waals surface area contributed by atoms with Crippen molar-refractivity contribution in [3.63, 3.8) is 0 Å². The summed E-state index contributed by atoms with van der Waals surface area (Å²) >= 11 is 0. The Labute approximate surface area is 259 Å². The Morgan fingerprint density at radius 1 is 1.07 bits per heavy atom. The minimum atomic E-state index is -0.579. The fourth-order valence-corrected chi connectivity index (χ4v) is 6.82. The van der Waals surface area contributed by atoms with Crippen molar-refractivity contribution in [3.05, 3.63) is 78.4 Å². The molecule has 1 spiro atoms. The topological polar surface area (TPSA) is 117 Å². The third-order valence-electron chi connectivity index (χ3n) is 9.28. The standard InChI is InChI=1S/C34H30FN9O/c1-3-29-28(35)5-6-30(40-29)41-33(45)22-8-9-34(15-22)10-12-43(13-11-34)31-7-4-23(17-37-31)27-14-24(26-19-38-42(2)20-26)21-44-32(27)25(16-36)18-39-44/h1,4-7,14,17-22H,8-13,15H2,2H3,(H,40,41,45). The molecule has 1 unspecified atom stereocenters. The Hall–Kier alpha value is -5.55. The number of carbonyl (C=O) groups is 1. The maximum Gasteiger partial charge on any atom is 0.228 e. The maximum atomic E-state index is 13.7. The molecule has 2 fully saturated rings. The highest BCUT2D eigenvalue weighted by molar-refractivity contribution is 5.92. The van der Waals surface area contributed by atoms with Crippen LogP contribution in [0.5, 0.6) is 0 Å². The monoisotopic (exact) mass is 599 g/mol. The van der Waals surface area contributed by atoms with Gasteiger partial charge in [0, 0.05) is 66.9 Å². The van der Waals surface area contributed by atoms with Crippen molar-refractivity contribution in [2.75, 3.05) is 23.3 Å². The van der Waals surface area contributed by atoms with Gasteiger partial charge in [-0.3, -0.25) is 9.48 Å². The number of amides is 1. The van der Waals surface area contributed by atoms with Crippen LogP contribution in [0.4, 0.5) is 16.0 Å². The molecule has 1 atom stereocenters. The summed E-state index contributed by atoms with van der Waals surface area (Å²) in [7, 11) is 1.88. The van der Waals surface area contributed by atoms with Crippen molar-refractivity contribution in [1.29, 1.82) is 5.26 Å². The Morgan fingerprint density at radius 2 is 1.91 bits per heavy atom. The first kappa shape index (κ1) is 28.2. The number of terminal acetylenes is 1. The fourth-order valence-electron chi connectivity index (χ4n) is 6.82. The molecule has 2 aliphatic rings. The average molecular weight is 600 g/mol. The molecule has 1 aliphatic heterocycles. The van der Waals surface area contributed by atoms with E-state index in [2.05, 4.69) is 43.5 Å². The Morgan fingerprint density at radius 3 is 2.62 bits per heavy atom. The summed E-state index contributed by atoms with van der Waals surface area (Å²) in [5.41, 5.74) is 4.93. The first-order chi connectivity index (χ1) is 21.8. The van der Waals surface area contributed by atoms with Crippen molar-refractivity contribution >= 4 is 23.1 Å². The molecule has 11 heteroatoms. The van der Waals surface area contributed by atoms with E-state index in [0.29, 0.717) is 5.56 Å². The molecule has 10 nitrogen and oxygen atoms in total. The molecule has 5 aromatic heterocycles. The van der Waals surface area contributed by atoms with Crippen LogP contribution >= 0.6 is 0 Å². The van der Waals surface area contributed by atoms with Gasteiger partial charge in [-0.15, -0.1) is 6.42 Å². The second-order valence-corrected chi connectivity index (χ2v) is 12.0. The molecule has 1 aliphatic carbocycles. The molecule has 1 amide bonds. The SMILES string of the molecule is C#Cc1nc(NC(=O)C2CCC3(CCN(c4ccc(-c5cc(-c6cnn(C)c6)cn6ncc(C#N)c56)cn4)CC3)C2)ccc1F. The van der Waals surface area contributed by atoms with E-state index in [1.54, 1.807) is 21.6 Å².